The van der Waals surface area contributed by atoms with Gasteiger partial charge in [-0.05, 0) is 40.0 Å². The minimum absolute atomic E-state index is 0.0926. The number of nitrogens with zero attached hydrogens (tertiary/aromatic N) is 1. The van der Waals surface area contributed by atoms with Crippen molar-refractivity contribution in [1.29, 1.82) is 5.26 Å². The van der Waals surface area contributed by atoms with Gasteiger partial charge in [-0.1, -0.05) is 13.8 Å². The lowest BCUT2D eigenvalue weighted by Gasteiger charge is -2.21. The van der Waals surface area contributed by atoms with Crippen LogP contribution in [0.3, 0.4) is 0 Å². The highest BCUT2D eigenvalue weighted by molar-refractivity contribution is 9.10. The van der Waals surface area contributed by atoms with Crippen LogP contribution < -0.4 is 11.1 Å². The second-order valence-electron chi connectivity index (χ2n) is 4.07. The van der Waals surface area contributed by atoms with Crippen LogP contribution in [0, 0.1) is 17.2 Å². The summed E-state index contributed by atoms with van der Waals surface area (Å²) in [6.07, 6.45) is 0. The molecule has 0 aromatic heterocycles. The SMILES string of the molecule is CC(C)C(Nc1ccc(C#N)cc1Br)C(N)=O. The van der Waals surface area contributed by atoms with Gasteiger partial charge in [-0.2, -0.15) is 5.26 Å². The normalized spacial score (nSPS) is 11.9. The monoisotopic (exact) mass is 295 g/mol. The van der Waals surface area contributed by atoms with Crippen LogP contribution in [-0.2, 0) is 4.79 Å². The lowest BCUT2D eigenvalue weighted by molar-refractivity contribution is -0.119. The van der Waals surface area contributed by atoms with Gasteiger partial charge in [0.2, 0.25) is 5.91 Å². The minimum Gasteiger partial charge on any atom is -0.373 e. The van der Waals surface area contributed by atoms with Gasteiger partial charge in [0.05, 0.1) is 11.6 Å². The Morgan fingerprint density at radius 3 is 2.59 bits per heavy atom. The molecule has 5 heteroatoms. The maximum absolute atomic E-state index is 11.3. The van der Waals surface area contributed by atoms with Crippen molar-refractivity contribution in [3.8, 4) is 6.07 Å². The van der Waals surface area contributed by atoms with E-state index in [0.29, 0.717) is 5.56 Å². The van der Waals surface area contributed by atoms with E-state index in [2.05, 4.69) is 21.2 Å². The molecule has 0 saturated carbocycles. The number of nitrogens with one attached hydrogen (secondary N) is 1. The molecule has 1 unspecified atom stereocenters. The highest BCUT2D eigenvalue weighted by atomic mass is 79.9. The van der Waals surface area contributed by atoms with Crippen molar-refractivity contribution in [2.45, 2.75) is 19.9 Å². The van der Waals surface area contributed by atoms with Gasteiger partial charge >= 0.3 is 0 Å². The first-order chi connectivity index (χ1) is 7.95. The molecule has 3 N–H and O–H groups in total. The molecule has 0 spiro atoms. The molecule has 90 valence electrons. The van der Waals surface area contributed by atoms with E-state index in [4.69, 9.17) is 11.0 Å². The summed E-state index contributed by atoms with van der Waals surface area (Å²) < 4.78 is 0.739. The molecule has 0 bridgehead atoms. The molecule has 1 rings (SSSR count). The molecule has 0 fully saturated rings. The maximum Gasteiger partial charge on any atom is 0.240 e. The molecule has 1 aromatic rings. The van der Waals surface area contributed by atoms with Crippen LogP contribution >= 0.6 is 15.9 Å². The molecule has 0 aliphatic rings. The van der Waals surface area contributed by atoms with Gasteiger partial charge in [-0.3, -0.25) is 4.79 Å². The summed E-state index contributed by atoms with van der Waals surface area (Å²) in [5.41, 5.74) is 6.63. The van der Waals surface area contributed by atoms with Gasteiger partial charge in [0.1, 0.15) is 6.04 Å². The zero-order valence-electron chi connectivity index (χ0n) is 9.70. The summed E-state index contributed by atoms with van der Waals surface area (Å²) in [6.45, 7) is 3.83. The zero-order chi connectivity index (χ0) is 13.0. The van der Waals surface area contributed by atoms with Gasteiger partial charge in [-0.25, -0.2) is 0 Å². The number of nitriles is 1. The second-order valence-corrected chi connectivity index (χ2v) is 4.93. The Bertz CT molecular complexity index is 465. The molecule has 1 amide bonds. The number of amides is 1. The predicted molar refractivity (Wildman–Crippen MR) is 70.3 cm³/mol. The van der Waals surface area contributed by atoms with E-state index in [0.717, 1.165) is 10.2 Å². The van der Waals surface area contributed by atoms with Crippen LogP contribution in [-0.4, -0.2) is 11.9 Å². The Labute approximate surface area is 109 Å². The second kappa shape index (κ2) is 5.69. The van der Waals surface area contributed by atoms with Crippen molar-refractivity contribution in [2.75, 3.05) is 5.32 Å². The molecule has 0 aliphatic carbocycles. The number of nitrogens with two attached hydrogens (primary N) is 1. The number of rotatable bonds is 4. The molecule has 1 atom stereocenters. The summed E-state index contributed by atoms with van der Waals surface area (Å²) >= 11 is 3.35. The number of hydrogen-bond acceptors (Lipinski definition) is 3. The number of halogens is 1. The first-order valence-electron chi connectivity index (χ1n) is 5.21. The van der Waals surface area contributed by atoms with E-state index >= 15 is 0 Å². The van der Waals surface area contributed by atoms with Crippen molar-refractivity contribution >= 4 is 27.5 Å². The van der Waals surface area contributed by atoms with Gasteiger partial charge in [-0.15, -0.1) is 0 Å². The van der Waals surface area contributed by atoms with E-state index in [9.17, 15) is 4.79 Å². The van der Waals surface area contributed by atoms with E-state index in [1.807, 2.05) is 19.9 Å². The molecule has 0 radical (unpaired) electrons. The summed E-state index contributed by atoms with van der Waals surface area (Å²) in [6, 6.07) is 6.75. The van der Waals surface area contributed by atoms with Crippen LogP contribution in [0.4, 0.5) is 5.69 Å². The number of anilines is 1. The quantitative estimate of drug-likeness (QED) is 0.894. The molecule has 1 aromatic carbocycles. The third-order valence-corrected chi connectivity index (χ3v) is 3.04. The fraction of sp³-hybridized carbons (Fsp3) is 0.333. The Morgan fingerprint density at radius 1 is 1.53 bits per heavy atom. The number of benzene rings is 1. The lowest BCUT2D eigenvalue weighted by atomic mass is 10.0. The van der Waals surface area contributed by atoms with E-state index in [1.54, 1.807) is 18.2 Å². The van der Waals surface area contributed by atoms with Crippen molar-refractivity contribution < 1.29 is 4.79 Å². The molecular formula is C12H14BrN3O. The Balaban J connectivity index is 2.95. The van der Waals surface area contributed by atoms with Crippen molar-refractivity contribution in [1.82, 2.24) is 0 Å². The minimum atomic E-state index is -0.431. The predicted octanol–water partition coefficient (Wildman–Crippen LogP) is 2.24. The first kappa shape index (κ1) is 13.5. The summed E-state index contributed by atoms with van der Waals surface area (Å²) in [5.74, 6) is -0.300. The van der Waals surface area contributed by atoms with E-state index in [-0.39, 0.29) is 5.92 Å². The Morgan fingerprint density at radius 2 is 2.18 bits per heavy atom. The van der Waals surface area contributed by atoms with Crippen LogP contribution in [0.2, 0.25) is 0 Å². The third-order valence-electron chi connectivity index (χ3n) is 2.38. The fourth-order valence-corrected chi connectivity index (χ4v) is 1.93. The standard InChI is InChI=1S/C12H14BrN3O/c1-7(2)11(12(15)17)16-10-4-3-8(6-14)5-9(10)13/h3-5,7,11,16H,1-2H3,(H2,15,17). The fourth-order valence-electron chi connectivity index (χ4n) is 1.44. The Kier molecular flexibility index (Phi) is 4.53. The lowest BCUT2D eigenvalue weighted by Crippen LogP contribution is -2.39. The Hall–Kier alpha value is -1.54. The van der Waals surface area contributed by atoms with Crippen LogP contribution in [0.1, 0.15) is 19.4 Å². The van der Waals surface area contributed by atoms with Gasteiger partial charge in [0.15, 0.2) is 0 Å². The van der Waals surface area contributed by atoms with Gasteiger partial charge < -0.3 is 11.1 Å². The third kappa shape index (κ3) is 3.46. The van der Waals surface area contributed by atoms with Gasteiger partial charge in [0.25, 0.3) is 0 Å². The first-order valence-corrected chi connectivity index (χ1v) is 6.00. The molecule has 4 nitrogen and oxygen atoms in total. The zero-order valence-corrected chi connectivity index (χ0v) is 11.3. The van der Waals surface area contributed by atoms with Crippen LogP contribution in [0.25, 0.3) is 0 Å². The number of carbonyl (C=O) groups excluding carboxylic acids is 1. The van der Waals surface area contributed by atoms with Crippen molar-refractivity contribution in [3.05, 3.63) is 28.2 Å². The molecule has 0 saturated heterocycles. The number of primary amides is 1. The largest absolute Gasteiger partial charge is 0.373 e. The van der Waals surface area contributed by atoms with E-state index in [1.165, 1.54) is 0 Å². The maximum atomic E-state index is 11.3. The number of hydrogen-bond donors (Lipinski definition) is 2. The van der Waals surface area contributed by atoms with Crippen molar-refractivity contribution in [2.24, 2.45) is 11.7 Å². The highest BCUT2D eigenvalue weighted by Gasteiger charge is 2.19. The van der Waals surface area contributed by atoms with Crippen LogP contribution in [0.15, 0.2) is 22.7 Å². The van der Waals surface area contributed by atoms with E-state index < -0.39 is 11.9 Å². The van der Waals surface area contributed by atoms with Crippen molar-refractivity contribution in [3.63, 3.8) is 0 Å². The average Bonchev–Trinajstić information content (AvgIpc) is 2.26. The molecule has 0 aliphatic heterocycles. The smallest absolute Gasteiger partial charge is 0.240 e. The summed E-state index contributed by atoms with van der Waals surface area (Å²) in [7, 11) is 0. The topological polar surface area (TPSA) is 78.9 Å². The van der Waals surface area contributed by atoms with Gasteiger partial charge in [0, 0.05) is 10.2 Å². The summed E-state index contributed by atoms with van der Waals surface area (Å²) in [4.78, 5) is 11.3. The van der Waals surface area contributed by atoms with Crippen LogP contribution in [0.5, 0.6) is 0 Å². The highest BCUT2D eigenvalue weighted by Crippen LogP contribution is 2.25. The average molecular weight is 296 g/mol. The summed E-state index contributed by atoms with van der Waals surface area (Å²) in [5, 5.41) is 11.8. The molecular weight excluding hydrogens is 282 g/mol. The molecule has 0 heterocycles. The molecule has 17 heavy (non-hydrogen) atoms. The number of carbonyl (C=O) groups is 1.